The molecule has 1 amide bonds. The molecule has 29 heavy (non-hydrogen) atoms. The lowest BCUT2D eigenvalue weighted by molar-refractivity contribution is 0.0602. The van der Waals surface area contributed by atoms with Crippen molar-refractivity contribution < 1.29 is 14.3 Å². The summed E-state index contributed by atoms with van der Waals surface area (Å²) in [7, 11) is 1.29. The zero-order valence-corrected chi connectivity index (χ0v) is 16.5. The second-order valence-corrected chi connectivity index (χ2v) is 6.69. The summed E-state index contributed by atoms with van der Waals surface area (Å²) in [6.45, 7) is 4.28. The zero-order valence-electron chi connectivity index (χ0n) is 16.5. The number of nitrogens with zero attached hydrogens (tertiary/aromatic N) is 2. The molecule has 2 aromatic carbocycles. The van der Waals surface area contributed by atoms with Crippen molar-refractivity contribution in [1.29, 1.82) is 0 Å². The highest BCUT2D eigenvalue weighted by Gasteiger charge is 2.15. The Morgan fingerprint density at radius 3 is 2.24 bits per heavy atom. The topological polar surface area (TPSA) is 93.2 Å². The van der Waals surface area contributed by atoms with Gasteiger partial charge >= 0.3 is 5.97 Å². The number of hydrogen-bond acceptors (Lipinski definition) is 6. The van der Waals surface area contributed by atoms with Crippen molar-refractivity contribution in [2.45, 2.75) is 19.8 Å². The van der Waals surface area contributed by atoms with Gasteiger partial charge in [-0.15, -0.1) is 0 Å². The normalized spacial score (nSPS) is 10.5. The Bertz CT molecular complexity index is 999. The Balaban J connectivity index is 1.68. The highest BCUT2D eigenvalue weighted by Crippen LogP contribution is 2.20. The van der Waals surface area contributed by atoms with Gasteiger partial charge in [0.1, 0.15) is 0 Å². The predicted molar refractivity (Wildman–Crippen MR) is 112 cm³/mol. The van der Waals surface area contributed by atoms with Gasteiger partial charge in [-0.3, -0.25) is 4.79 Å². The van der Waals surface area contributed by atoms with Gasteiger partial charge in [0, 0.05) is 18.1 Å². The average Bonchev–Trinajstić information content (AvgIpc) is 2.74. The molecule has 0 saturated heterocycles. The van der Waals surface area contributed by atoms with Gasteiger partial charge in [0.15, 0.2) is 0 Å². The first-order chi connectivity index (χ1) is 14.0. The minimum atomic E-state index is -0.528. The molecule has 0 spiro atoms. The molecule has 0 atom stereocenters. The van der Waals surface area contributed by atoms with Crippen molar-refractivity contribution in [2.75, 3.05) is 17.7 Å². The third kappa shape index (κ3) is 4.95. The summed E-state index contributed by atoms with van der Waals surface area (Å²) in [6, 6.07) is 14.6. The highest BCUT2D eigenvalue weighted by molar-refractivity contribution is 6.07. The maximum atomic E-state index is 12.5. The van der Waals surface area contributed by atoms with Crippen LogP contribution < -0.4 is 10.6 Å². The molecule has 0 aliphatic rings. The number of rotatable bonds is 6. The van der Waals surface area contributed by atoms with Gasteiger partial charge in [0.05, 0.1) is 23.9 Å². The summed E-state index contributed by atoms with van der Waals surface area (Å²) >= 11 is 0. The standard InChI is InChI=1S/C22H22N4O3/c1-14(2)15-8-10-17(11-9-15)25-22-23-12-16(13-24-22)20(27)26-19-7-5-4-6-18(19)21(28)29-3/h4-14H,1-3H3,(H,26,27)(H,23,24,25). The van der Waals surface area contributed by atoms with Crippen LogP contribution in [-0.4, -0.2) is 29.0 Å². The smallest absolute Gasteiger partial charge is 0.339 e. The number of aromatic nitrogens is 2. The first-order valence-electron chi connectivity index (χ1n) is 9.15. The number of carbonyl (C=O) groups is 2. The van der Waals surface area contributed by atoms with Gasteiger partial charge in [0.2, 0.25) is 5.95 Å². The summed E-state index contributed by atoms with van der Waals surface area (Å²) in [4.78, 5) is 32.7. The van der Waals surface area contributed by atoms with Crippen LogP contribution in [0.5, 0.6) is 0 Å². The summed E-state index contributed by atoms with van der Waals surface area (Å²) in [5, 5.41) is 5.79. The van der Waals surface area contributed by atoms with Crippen LogP contribution in [0.4, 0.5) is 17.3 Å². The van der Waals surface area contributed by atoms with Crippen LogP contribution in [0.2, 0.25) is 0 Å². The molecule has 0 aliphatic heterocycles. The van der Waals surface area contributed by atoms with Crippen molar-refractivity contribution >= 4 is 29.2 Å². The molecule has 0 fully saturated rings. The number of esters is 1. The molecule has 3 rings (SSSR count). The number of ether oxygens (including phenoxy) is 1. The molecule has 7 heteroatoms. The quantitative estimate of drug-likeness (QED) is 0.607. The highest BCUT2D eigenvalue weighted by atomic mass is 16.5. The molecule has 0 bridgehead atoms. The average molecular weight is 390 g/mol. The molecular weight excluding hydrogens is 368 g/mol. The minimum absolute atomic E-state index is 0.269. The van der Waals surface area contributed by atoms with Gasteiger partial charge in [-0.25, -0.2) is 14.8 Å². The molecule has 3 aromatic rings. The maximum absolute atomic E-state index is 12.5. The van der Waals surface area contributed by atoms with E-state index in [1.165, 1.54) is 25.1 Å². The second kappa shape index (κ2) is 8.97. The molecule has 0 aliphatic carbocycles. The molecule has 0 saturated carbocycles. The number of benzene rings is 2. The summed E-state index contributed by atoms with van der Waals surface area (Å²) in [6.07, 6.45) is 2.85. The van der Waals surface area contributed by atoms with E-state index in [-0.39, 0.29) is 11.1 Å². The van der Waals surface area contributed by atoms with Gasteiger partial charge in [-0.1, -0.05) is 38.1 Å². The Morgan fingerprint density at radius 2 is 1.62 bits per heavy atom. The third-order valence-electron chi connectivity index (χ3n) is 4.33. The molecule has 1 heterocycles. The molecule has 0 unspecified atom stereocenters. The van der Waals surface area contributed by atoms with E-state index >= 15 is 0 Å². The fourth-order valence-corrected chi connectivity index (χ4v) is 2.66. The van der Waals surface area contributed by atoms with Crippen molar-refractivity contribution in [1.82, 2.24) is 9.97 Å². The fraction of sp³-hybridized carbons (Fsp3) is 0.182. The third-order valence-corrected chi connectivity index (χ3v) is 4.33. The lowest BCUT2D eigenvalue weighted by Gasteiger charge is -2.10. The number of nitrogens with one attached hydrogen (secondary N) is 2. The molecule has 148 valence electrons. The van der Waals surface area contributed by atoms with Crippen LogP contribution in [0.3, 0.4) is 0 Å². The Morgan fingerprint density at radius 1 is 0.966 bits per heavy atom. The number of methoxy groups -OCH3 is 1. The van der Waals surface area contributed by atoms with Crippen LogP contribution in [0.15, 0.2) is 60.9 Å². The van der Waals surface area contributed by atoms with Crippen molar-refractivity contribution in [3.05, 3.63) is 77.6 Å². The van der Waals surface area contributed by atoms with E-state index in [2.05, 4.69) is 34.4 Å². The van der Waals surface area contributed by atoms with Crippen molar-refractivity contribution in [2.24, 2.45) is 0 Å². The molecular formula is C22H22N4O3. The van der Waals surface area contributed by atoms with E-state index < -0.39 is 11.9 Å². The van der Waals surface area contributed by atoms with E-state index in [0.717, 1.165) is 5.69 Å². The summed E-state index contributed by atoms with van der Waals surface area (Å²) in [5.74, 6) is -0.106. The second-order valence-electron chi connectivity index (χ2n) is 6.69. The van der Waals surface area contributed by atoms with Gasteiger partial charge in [-0.05, 0) is 35.7 Å². The SMILES string of the molecule is COC(=O)c1ccccc1NC(=O)c1cnc(Nc2ccc(C(C)C)cc2)nc1. The Kier molecular flexibility index (Phi) is 6.19. The monoisotopic (exact) mass is 390 g/mol. The first kappa shape index (κ1) is 20.0. The number of para-hydroxylation sites is 1. The lowest BCUT2D eigenvalue weighted by Crippen LogP contribution is -2.16. The van der Waals surface area contributed by atoms with E-state index in [1.54, 1.807) is 24.3 Å². The Hall–Kier alpha value is -3.74. The van der Waals surface area contributed by atoms with Crippen LogP contribution in [0, 0.1) is 0 Å². The number of carbonyl (C=O) groups excluding carboxylic acids is 2. The van der Waals surface area contributed by atoms with Crippen LogP contribution in [0.25, 0.3) is 0 Å². The Labute approximate surface area is 169 Å². The van der Waals surface area contributed by atoms with Gasteiger partial charge < -0.3 is 15.4 Å². The minimum Gasteiger partial charge on any atom is -0.465 e. The maximum Gasteiger partial charge on any atom is 0.339 e. The van der Waals surface area contributed by atoms with Crippen LogP contribution >= 0.6 is 0 Å². The number of anilines is 3. The lowest BCUT2D eigenvalue weighted by atomic mass is 10.0. The van der Waals surface area contributed by atoms with Crippen molar-refractivity contribution in [3.8, 4) is 0 Å². The predicted octanol–water partition coefficient (Wildman–Crippen LogP) is 4.38. The van der Waals surface area contributed by atoms with Gasteiger partial charge in [0.25, 0.3) is 5.91 Å². The largest absolute Gasteiger partial charge is 0.465 e. The number of hydrogen-bond donors (Lipinski definition) is 2. The van der Waals surface area contributed by atoms with E-state index in [1.807, 2.05) is 24.3 Å². The van der Waals surface area contributed by atoms with Gasteiger partial charge in [-0.2, -0.15) is 0 Å². The molecule has 0 radical (unpaired) electrons. The fourth-order valence-electron chi connectivity index (χ4n) is 2.66. The van der Waals surface area contributed by atoms with Crippen LogP contribution in [0.1, 0.15) is 46.0 Å². The van der Waals surface area contributed by atoms with Crippen molar-refractivity contribution in [3.63, 3.8) is 0 Å². The molecule has 7 nitrogen and oxygen atoms in total. The van der Waals surface area contributed by atoms with E-state index in [0.29, 0.717) is 17.6 Å². The zero-order chi connectivity index (χ0) is 20.8. The first-order valence-corrected chi connectivity index (χ1v) is 9.15. The summed E-state index contributed by atoms with van der Waals surface area (Å²) in [5.41, 5.74) is 3.00. The molecule has 1 aromatic heterocycles. The van der Waals surface area contributed by atoms with E-state index in [9.17, 15) is 9.59 Å². The summed E-state index contributed by atoms with van der Waals surface area (Å²) < 4.78 is 4.73. The number of amides is 1. The van der Waals surface area contributed by atoms with E-state index in [4.69, 9.17) is 4.74 Å². The molecule has 2 N–H and O–H groups in total. The van der Waals surface area contributed by atoms with Crippen LogP contribution in [-0.2, 0) is 4.74 Å².